The Morgan fingerprint density at radius 3 is 2.86 bits per heavy atom. The number of likely N-dealkylation sites (tertiary alicyclic amines) is 1. The fourth-order valence-corrected chi connectivity index (χ4v) is 3.15. The van der Waals surface area contributed by atoms with Crippen LogP contribution in [0.3, 0.4) is 0 Å². The van der Waals surface area contributed by atoms with Crippen molar-refractivity contribution >= 4 is 5.69 Å². The van der Waals surface area contributed by atoms with Crippen molar-refractivity contribution in [1.82, 2.24) is 4.90 Å². The van der Waals surface area contributed by atoms with Gasteiger partial charge in [-0.25, -0.2) is 0 Å². The predicted molar refractivity (Wildman–Crippen MR) is 88.3 cm³/mol. The van der Waals surface area contributed by atoms with Crippen LogP contribution in [0.25, 0.3) is 0 Å². The van der Waals surface area contributed by atoms with Gasteiger partial charge in [-0.3, -0.25) is 4.90 Å². The van der Waals surface area contributed by atoms with Crippen LogP contribution in [0, 0.1) is 28.6 Å². The second-order valence-corrected chi connectivity index (χ2v) is 6.17. The molecule has 4 nitrogen and oxygen atoms in total. The third-order valence-electron chi connectivity index (χ3n) is 4.38. The normalized spacial score (nSPS) is 19.4. The molecule has 2 rings (SSSR count). The van der Waals surface area contributed by atoms with E-state index in [0.29, 0.717) is 18.9 Å². The van der Waals surface area contributed by atoms with E-state index in [0.717, 1.165) is 19.5 Å². The molecule has 0 radical (unpaired) electrons. The summed E-state index contributed by atoms with van der Waals surface area (Å²) < 4.78 is 0. The Hall–Kier alpha value is -2.04. The molecule has 1 aliphatic heterocycles. The van der Waals surface area contributed by atoms with Crippen molar-refractivity contribution in [2.24, 2.45) is 5.92 Å². The summed E-state index contributed by atoms with van der Waals surface area (Å²) in [5, 5.41) is 18.0. The molecule has 1 aromatic carbocycles. The minimum atomic E-state index is -0.0442. The van der Waals surface area contributed by atoms with E-state index in [4.69, 9.17) is 5.26 Å². The van der Waals surface area contributed by atoms with Gasteiger partial charge in [0.25, 0.3) is 0 Å². The highest BCUT2D eigenvalue weighted by Crippen LogP contribution is 2.34. The first-order valence-corrected chi connectivity index (χ1v) is 7.93. The van der Waals surface area contributed by atoms with Gasteiger partial charge in [-0.15, -0.1) is 0 Å². The molecule has 116 valence electrons. The van der Waals surface area contributed by atoms with Gasteiger partial charge in [-0.2, -0.15) is 10.5 Å². The number of rotatable bonds is 6. The molecule has 1 heterocycles. The molecule has 0 bridgehead atoms. The minimum Gasteiger partial charge on any atom is -0.378 e. The smallest absolute Gasteiger partial charge is 0.0669 e. The van der Waals surface area contributed by atoms with Crippen molar-refractivity contribution in [3.05, 3.63) is 29.8 Å². The molecule has 1 aromatic rings. The largest absolute Gasteiger partial charge is 0.378 e. The van der Waals surface area contributed by atoms with Crippen molar-refractivity contribution < 1.29 is 0 Å². The summed E-state index contributed by atoms with van der Waals surface area (Å²) in [4.78, 5) is 4.54. The topological polar surface area (TPSA) is 54.1 Å². The second kappa shape index (κ2) is 7.82. The Balaban J connectivity index is 2.09. The highest BCUT2D eigenvalue weighted by Gasteiger charge is 2.28. The van der Waals surface area contributed by atoms with E-state index < -0.39 is 0 Å². The first-order chi connectivity index (χ1) is 10.7. The Labute approximate surface area is 133 Å². The van der Waals surface area contributed by atoms with E-state index in [-0.39, 0.29) is 5.92 Å². The zero-order valence-electron chi connectivity index (χ0n) is 13.5. The fourth-order valence-electron chi connectivity index (χ4n) is 3.15. The lowest BCUT2D eigenvalue weighted by Crippen LogP contribution is -2.29. The van der Waals surface area contributed by atoms with Crippen LogP contribution in [0.1, 0.15) is 37.3 Å². The average molecular weight is 296 g/mol. The molecule has 22 heavy (non-hydrogen) atoms. The molecule has 1 fully saturated rings. The Bertz CT molecular complexity index is 567. The maximum atomic E-state index is 9.29. The maximum absolute atomic E-state index is 9.29. The number of nitriles is 2. The van der Waals surface area contributed by atoms with Crippen LogP contribution in [-0.4, -0.2) is 32.1 Å². The van der Waals surface area contributed by atoms with Gasteiger partial charge in [0.05, 0.1) is 18.1 Å². The molecule has 0 aromatic heterocycles. The van der Waals surface area contributed by atoms with Crippen LogP contribution in [0.4, 0.5) is 5.69 Å². The van der Waals surface area contributed by atoms with Gasteiger partial charge in [0.15, 0.2) is 0 Å². The molecule has 4 heteroatoms. The van der Waals surface area contributed by atoms with Crippen molar-refractivity contribution in [2.75, 3.05) is 32.1 Å². The minimum absolute atomic E-state index is 0.0442. The van der Waals surface area contributed by atoms with Crippen LogP contribution < -0.4 is 4.90 Å². The number of hydrogen-bond donors (Lipinski definition) is 0. The van der Waals surface area contributed by atoms with Gasteiger partial charge >= 0.3 is 0 Å². The number of nitrogens with zero attached hydrogens (tertiary/aromatic N) is 4. The van der Waals surface area contributed by atoms with Crippen molar-refractivity contribution in [3.8, 4) is 12.1 Å². The third kappa shape index (κ3) is 4.00. The van der Waals surface area contributed by atoms with E-state index in [2.05, 4.69) is 60.3 Å². The van der Waals surface area contributed by atoms with Gasteiger partial charge in [0, 0.05) is 38.8 Å². The number of hydrogen-bond acceptors (Lipinski definition) is 4. The van der Waals surface area contributed by atoms with Crippen molar-refractivity contribution in [2.45, 2.75) is 31.7 Å². The fraction of sp³-hybridized carbons (Fsp3) is 0.556. The molecular formula is C18H24N4. The summed E-state index contributed by atoms with van der Waals surface area (Å²) >= 11 is 0. The molecule has 1 aliphatic rings. The van der Waals surface area contributed by atoms with Gasteiger partial charge in [-0.1, -0.05) is 12.1 Å². The molecular weight excluding hydrogens is 272 g/mol. The van der Waals surface area contributed by atoms with Gasteiger partial charge < -0.3 is 4.90 Å². The summed E-state index contributed by atoms with van der Waals surface area (Å²) in [7, 11) is 4.11. The zero-order chi connectivity index (χ0) is 15.9. The Morgan fingerprint density at radius 1 is 1.36 bits per heavy atom. The predicted octanol–water partition coefficient (Wildman–Crippen LogP) is 3.33. The molecule has 0 saturated carbocycles. The van der Waals surface area contributed by atoms with Crippen LogP contribution in [0.5, 0.6) is 0 Å². The molecule has 0 aliphatic carbocycles. The third-order valence-corrected chi connectivity index (χ3v) is 4.38. The van der Waals surface area contributed by atoms with Crippen LogP contribution >= 0.6 is 0 Å². The van der Waals surface area contributed by atoms with Crippen LogP contribution in [0.15, 0.2) is 24.3 Å². The summed E-state index contributed by atoms with van der Waals surface area (Å²) in [6, 6.07) is 13.6. The highest BCUT2D eigenvalue weighted by molar-refractivity contribution is 5.48. The lowest BCUT2D eigenvalue weighted by molar-refractivity contribution is 0.231. The number of benzene rings is 1. The lowest BCUT2D eigenvalue weighted by Gasteiger charge is -2.27. The SMILES string of the molecule is CN(C)c1cccc([C@@H]2CCCN2C[C@H](C#N)CCC#N)c1. The van der Waals surface area contributed by atoms with Crippen molar-refractivity contribution in [1.29, 1.82) is 10.5 Å². The number of anilines is 1. The average Bonchev–Trinajstić information content (AvgIpc) is 2.99. The molecule has 0 amide bonds. The van der Waals surface area contributed by atoms with E-state index in [1.807, 2.05) is 0 Å². The Kier molecular flexibility index (Phi) is 5.81. The van der Waals surface area contributed by atoms with Gasteiger partial charge in [0.1, 0.15) is 0 Å². The van der Waals surface area contributed by atoms with Gasteiger partial charge in [-0.05, 0) is 43.5 Å². The summed E-state index contributed by atoms with van der Waals surface area (Å²) in [5.74, 6) is -0.0442. The monoisotopic (exact) mass is 296 g/mol. The van der Waals surface area contributed by atoms with Crippen molar-refractivity contribution in [3.63, 3.8) is 0 Å². The van der Waals surface area contributed by atoms with Crippen LogP contribution in [0.2, 0.25) is 0 Å². The van der Waals surface area contributed by atoms with E-state index in [1.165, 1.54) is 17.7 Å². The summed E-state index contributed by atoms with van der Waals surface area (Å²) in [6.45, 7) is 1.82. The first-order valence-electron chi connectivity index (χ1n) is 7.93. The lowest BCUT2D eigenvalue weighted by atomic mass is 10.0. The quantitative estimate of drug-likeness (QED) is 0.808. The molecule has 0 unspecified atom stereocenters. The van der Waals surface area contributed by atoms with E-state index in [9.17, 15) is 5.26 Å². The Morgan fingerprint density at radius 2 is 2.18 bits per heavy atom. The summed E-state index contributed by atoms with van der Waals surface area (Å²) in [5.41, 5.74) is 2.55. The molecule has 1 saturated heterocycles. The maximum Gasteiger partial charge on any atom is 0.0669 e. The molecule has 2 atom stereocenters. The molecule has 0 spiro atoms. The second-order valence-electron chi connectivity index (χ2n) is 6.17. The summed E-state index contributed by atoms with van der Waals surface area (Å²) in [6.07, 6.45) is 3.46. The zero-order valence-corrected chi connectivity index (χ0v) is 13.5. The van der Waals surface area contributed by atoms with E-state index >= 15 is 0 Å². The van der Waals surface area contributed by atoms with Crippen LogP contribution in [-0.2, 0) is 0 Å². The van der Waals surface area contributed by atoms with E-state index in [1.54, 1.807) is 0 Å². The highest BCUT2D eigenvalue weighted by atomic mass is 15.2. The molecule has 0 N–H and O–H groups in total. The first kappa shape index (κ1) is 16.3. The standard InChI is InChI=1S/C18H24N4/c1-21(2)17-8-3-7-16(12-17)18-9-5-11-22(18)14-15(13-20)6-4-10-19/h3,7-8,12,15,18H,4-6,9,11,14H2,1-2H3/t15-,18-/m0/s1. The van der Waals surface area contributed by atoms with Gasteiger partial charge in [0.2, 0.25) is 0 Å².